The lowest BCUT2D eigenvalue weighted by molar-refractivity contribution is -0.119. The van der Waals surface area contributed by atoms with Gasteiger partial charge in [0, 0.05) is 29.4 Å². The summed E-state index contributed by atoms with van der Waals surface area (Å²) in [7, 11) is 1.56. The Morgan fingerprint density at radius 1 is 0.960 bits per heavy atom. The molecule has 6 heteroatoms. The summed E-state index contributed by atoms with van der Waals surface area (Å²) in [6.45, 7) is 3.50. The van der Waals surface area contributed by atoms with Crippen molar-refractivity contribution in [3.63, 3.8) is 0 Å². The lowest BCUT2D eigenvalue weighted by atomic mass is 10.2. The normalized spacial score (nSPS) is 10.2. The first-order chi connectivity index (χ1) is 12.0. The fourth-order valence-electron chi connectivity index (χ4n) is 2.00. The standard InChI is InChI=1S/C19H22N2O4/c1-13(2)19(23)21-15-7-5-9-17(11-15)25-12-18(22)20-14-6-4-8-16(10-14)24-3/h4-11,13H,12H2,1-3H3,(H,20,22)(H,21,23). The van der Waals surface area contributed by atoms with Crippen molar-refractivity contribution in [3.05, 3.63) is 48.5 Å². The average molecular weight is 342 g/mol. The molecule has 0 fully saturated rings. The van der Waals surface area contributed by atoms with Crippen molar-refractivity contribution < 1.29 is 19.1 Å². The van der Waals surface area contributed by atoms with Gasteiger partial charge in [0.2, 0.25) is 5.91 Å². The van der Waals surface area contributed by atoms with Gasteiger partial charge in [-0.05, 0) is 24.3 Å². The van der Waals surface area contributed by atoms with Crippen molar-refractivity contribution in [1.29, 1.82) is 0 Å². The van der Waals surface area contributed by atoms with Crippen LogP contribution in [0.1, 0.15) is 13.8 Å². The molecule has 0 bridgehead atoms. The van der Waals surface area contributed by atoms with Gasteiger partial charge in [-0.3, -0.25) is 9.59 Å². The van der Waals surface area contributed by atoms with Gasteiger partial charge in [-0.15, -0.1) is 0 Å². The molecule has 2 rings (SSSR count). The van der Waals surface area contributed by atoms with Crippen molar-refractivity contribution in [3.8, 4) is 11.5 Å². The molecule has 2 amide bonds. The van der Waals surface area contributed by atoms with E-state index in [4.69, 9.17) is 9.47 Å². The molecular formula is C19H22N2O4. The van der Waals surface area contributed by atoms with Crippen LogP contribution in [0.5, 0.6) is 11.5 Å². The van der Waals surface area contributed by atoms with Crippen LogP contribution in [-0.2, 0) is 9.59 Å². The molecule has 0 aliphatic heterocycles. The summed E-state index contributed by atoms with van der Waals surface area (Å²) in [5.41, 5.74) is 1.26. The molecule has 0 aliphatic rings. The van der Waals surface area contributed by atoms with Gasteiger partial charge >= 0.3 is 0 Å². The van der Waals surface area contributed by atoms with Crippen LogP contribution in [0.3, 0.4) is 0 Å². The molecule has 132 valence electrons. The second-order valence-corrected chi connectivity index (χ2v) is 5.74. The predicted molar refractivity (Wildman–Crippen MR) is 97.0 cm³/mol. The lowest BCUT2D eigenvalue weighted by Crippen LogP contribution is -2.20. The molecular weight excluding hydrogens is 320 g/mol. The lowest BCUT2D eigenvalue weighted by Gasteiger charge is -2.11. The molecule has 2 aromatic carbocycles. The summed E-state index contributed by atoms with van der Waals surface area (Å²) < 4.78 is 10.6. The van der Waals surface area contributed by atoms with E-state index >= 15 is 0 Å². The van der Waals surface area contributed by atoms with Crippen LogP contribution in [-0.4, -0.2) is 25.5 Å². The highest BCUT2D eigenvalue weighted by Crippen LogP contribution is 2.19. The number of nitrogens with one attached hydrogen (secondary N) is 2. The second kappa shape index (κ2) is 8.73. The number of hydrogen-bond donors (Lipinski definition) is 2. The van der Waals surface area contributed by atoms with Crippen LogP contribution < -0.4 is 20.1 Å². The van der Waals surface area contributed by atoms with Gasteiger partial charge < -0.3 is 20.1 Å². The van der Waals surface area contributed by atoms with Gasteiger partial charge in [-0.25, -0.2) is 0 Å². The minimum atomic E-state index is -0.287. The Balaban J connectivity index is 1.90. The third-order valence-corrected chi connectivity index (χ3v) is 3.35. The van der Waals surface area contributed by atoms with Gasteiger partial charge in [-0.2, -0.15) is 0 Å². The molecule has 0 spiro atoms. The Bertz CT molecular complexity index is 744. The molecule has 25 heavy (non-hydrogen) atoms. The molecule has 2 N–H and O–H groups in total. The number of benzene rings is 2. The van der Waals surface area contributed by atoms with Crippen LogP contribution in [0.2, 0.25) is 0 Å². The number of carbonyl (C=O) groups is 2. The minimum absolute atomic E-state index is 0.0760. The second-order valence-electron chi connectivity index (χ2n) is 5.74. The van der Waals surface area contributed by atoms with Crippen LogP contribution in [0.15, 0.2) is 48.5 Å². The Hall–Kier alpha value is -3.02. The summed E-state index contributed by atoms with van der Waals surface area (Å²) in [5.74, 6) is 0.686. The number of hydrogen-bond acceptors (Lipinski definition) is 4. The van der Waals surface area contributed by atoms with Crippen molar-refractivity contribution in [2.75, 3.05) is 24.4 Å². The summed E-state index contributed by atoms with van der Waals surface area (Å²) in [6.07, 6.45) is 0. The fourth-order valence-corrected chi connectivity index (χ4v) is 2.00. The molecule has 0 atom stereocenters. The topological polar surface area (TPSA) is 76.7 Å². The van der Waals surface area contributed by atoms with Crippen molar-refractivity contribution in [1.82, 2.24) is 0 Å². The first kappa shape index (κ1) is 18.3. The van der Waals surface area contributed by atoms with Crippen LogP contribution in [0, 0.1) is 5.92 Å². The van der Waals surface area contributed by atoms with Gasteiger partial charge in [0.15, 0.2) is 6.61 Å². The minimum Gasteiger partial charge on any atom is -0.497 e. The summed E-state index contributed by atoms with van der Waals surface area (Å²) in [4.78, 5) is 23.7. The SMILES string of the molecule is COc1cccc(NC(=O)COc2cccc(NC(=O)C(C)C)c2)c1. The molecule has 2 aromatic rings. The molecule has 0 saturated carbocycles. The van der Waals surface area contributed by atoms with E-state index in [-0.39, 0.29) is 24.3 Å². The number of carbonyl (C=O) groups excluding carboxylic acids is 2. The van der Waals surface area contributed by atoms with E-state index in [1.54, 1.807) is 55.6 Å². The first-order valence-electron chi connectivity index (χ1n) is 7.95. The number of rotatable bonds is 7. The summed E-state index contributed by atoms with van der Waals surface area (Å²) in [5, 5.41) is 5.52. The van der Waals surface area contributed by atoms with E-state index in [9.17, 15) is 9.59 Å². The zero-order valence-electron chi connectivity index (χ0n) is 14.5. The fraction of sp³-hybridized carbons (Fsp3) is 0.263. The molecule has 0 unspecified atom stereocenters. The van der Waals surface area contributed by atoms with Crippen molar-refractivity contribution in [2.24, 2.45) is 5.92 Å². The maximum atomic E-state index is 12.0. The van der Waals surface area contributed by atoms with Crippen molar-refractivity contribution >= 4 is 23.2 Å². The Labute approximate surface area is 147 Å². The van der Waals surface area contributed by atoms with E-state index < -0.39 is 0 Å². The Morgan fingerprint density at radius 3 is 2.20 bits per heavy atom. The van der Waals surface area contributed by atoms with Gasteiger partial charge in [0.05, 0.1) is 7.11 Å². The number of ether oxygens (including phenoxy) is 2. The molecule has 0 aliphatic carbocycles. The van der Waals surface area contributed by atoms with Crippen LogP contribution >= 0.6 is 0 Å². The largest absolute Gasteiger partial charge is 0.497 e. The molecule has 0 radical (unpaired) electrons. The first-order valence-corrected chi connectivity index (χ1v) is 7.95. The van der Waals surface area contributed by atoms with Gasteiger partial charge in [0.1, 0.15) is 11.5 Å². The zero-order chi connectivity index (χ0) is 18.2. The monoisotopic (exact) mass is 342 g/mol. The molecule has 0 aromatic heterocycles. The van der Waals surface area contributed by atoms with E-state index in [0.29, 0.717) is 22.9 Å². The average Bonchev–Trinajstić information content (AvgIpc) is 2.60. The van der Waals surface area contributed by atoms with Crippen molar-refractivity contribution in [2.45, 2.75) is 13.8 Å². The maximum absolute atomic E-state index is 12.0. The van der Waals surface area contributed by atoms with Gasteiger partial charge in [-0.1, -0.05) is 26.0 Å². The highest BCUT2D eigenvalue weighted by Gasteiger charge is 2.08. The summed E-state index contributed by atoms with van der Waals surface area (Å²) in [6, 6.07) is 14.0. The van der Waals surface area contributed by atoms with E-state index in [1.807, 2.05) is 13.8 Å². The van der Waals surface area contributed by atoms with E-state index in [1.165, 1.54) is 0 Å². The predicted octanol–water partition coefficient (Wildman–Crippen LogP) is 3.31. The molecule has 0 heterocycles. The Kier molecular flexibility index (Phi) is 6.39. The highest BCUT2D eigenvalue weighted by molar-refractivity contribution is 5.93. The maximum Gasteiger partial charge on any atom is 0.262 e. The van der Waals surface area contributed by atoms with E-state index in [2.05, 4.69) is 10.6 Å². The number of methoxy groups -OCH3 is 1. The van der Waals surface area contributed by atoms with Crippen LogP contribution in [0.25, 0.3) is 0 Å². The highest BCUT2D eigenvalue weighted by atomic mass is 16.5. The quantitative estimate of drug-likeness (QED) is 0.809. The smallest absolute Gasteiger partial charge is 0.262 e. The molecule has 0 saturated heterocycles. The number of anilines is 2. The Morgan fingerprint density at radius 2 is 1.56 bits per heavy atom. The third kappa shape index (κ3) is 5.84. The van der Waals surface area contributed by atoms with Crippen LogP contribution in [0.4, 0.5) is 11.4 Å². The van der Waals surface area contributed by atoms with Gasteiger partial charge in [0.25, 0.3) is 5.91 Å². The van der Waals surface area contributed by atoms with E-state index in [0.717, 1.165) is 0 Å². The number of amides is 2. The summed E-state index contributed by atoms with van der Waals surface area (Å²) >= 11 is 0. The third-order valence-electron chi connectivity index (χ3n) is 3.35. The molecule has 6 nitrogen and oxygen atoms in total. The zero-order valence-corrected chi connectivity index (χ0v) is 14.5.